The van der Waals surface area contributed by atoms with Gasteiger partial charge in [-0.05, 0) is 24.3 Å². The van der Waals surface area contributed by atoms with Gasteiger partial charge in [-0.15, -0.1) is 0 Å². The fourth-order valence-corrected chi connectivity index (χ4v) is 3.60. The van der Waals surface area contributed by atoms with Crippen molar-refractivity contribution in [1.82, 2.24) is 0 Å². The molecular formula is C9H12BrN3O2S2. The zero-order valence-corrected chi connectivity index (χ0v) is 12.1. The summed E-state index contributed by atoms with van der Waals surface area (Å²) in [6.45, 7) is 0. The molecule has 0 amide bonds. The van der Waals surface area contributed by atoms with Crippen LogP contribution in [0.3, 0.4) is 0 Å². The van der Waals surface area contributed by atoms with Crippen LogP contribution in [0.5, 0.6) is 0 Å². The summed E-state index contributed by atoms with van der Waals surface area (Å²) in [5, 5.41) is 3.43. The SMILES string of the molecule is NN=C(N)SCCS(=O)(=O)c1ccc(Br)cc1. The molecule has 0 atom stereocenters. The van der Waals surface area contributed by atoms with Crippen LogP contribution in [0.25, 0.3) is 0 Å². The third-order valence-electron chi connectivity index (χ3n) is 1.90. The average Bonchev–Trinajstić information content (AvgIpc) is 2.29. The number of halogens is 1. The Kier molecular flexibility index (Phi) is 5.29. The molecule has 1 aromatic rings. The Hall–Kier alpha value is -0.730. The molecule has 0 saturated heterocycles. The zero-order chi connectivity index (χ0) is 12.9. The molecule has 0 heterocycles. The summed E-state index contributed by atoms with van der Waals surface area (Å²) >= 11 is 4.36. The van der Waals surface area contributed by atoms with E-state index >= 15 is 0 Å². The second-order valence-electron chi connectivity index (χ2n) is 3.09. The Morgan fingerprint density at radius 2 is 1.94 bits per heavy atom. The maximum absolute atomic E-state index is 11.9. The van der Waals surface area contributed by atoms with Gasteiger partial charge in [0.05, 0.1) is 10.6 Å². The molecule has 0 aliphatic rings. The number of hydrogen-bond donors (Lipinski definition) is 2. The van der Waals surface area contributed by atoms with Crippen molar-refractivity contribution in [2.45, 2.75) is 4.90 Å². The van der Waals surface area contributed by atoms with Crippen LogP contribution in [0.1, 0.15) is 0 Å². The molecule has 8 heteroatoms. The van der Waals surface area contributed by atoms with E-state index in [1.165, 1.54) is 0 Å². The third kappa shape index (κ3) is 4.57. The minimum absolute atomic E-state index is 0.00445. The molecule has 1 rings (SSSR count). The summed E-state index contributed by atoms with van der Waals surface area (Å²) in [6.07, 6.45) is 0. The van der Waals surface area contributed by atoms with Gasteiger partial charge in [-0.25, -0.2) is 8.42 Å². The predicted molar refractivity (Wildman–Crippen MR) is 74.5 cm³/mol. The zero-order valence-electron chi connectivity index (χ0n) is 8.84. The fraction of sp³-hybridized carbons (Fsp3) is 0.222. The number of benzene rings is 1. The number of hydrogen-bond acceptors (Lipinski definition) is 5. The van der Waals surface area contributed by atoms with Crippen LogP contribution in [-0.4, -0.2) is 25.1 Å². The van der Waals surface area contributed by atoms with E-state index in [0.29, 0.717) is 10.6 Å². The summed E-state index contributed by atoms with van der Waals surface area (Å²) in [4.78, 5) is 0.296. The molecule has 0 radical (unpaired) electrons. The Morgan fingerprint density at radius 3 is 2.47 bits per heavy atom. The number of amidine groups is 1. The second-order valence-corrected chi connectivity index (χ2v) is 7.23. The number of hydrazone groups is 1. The molecule has 0 saturated carbocycles. The van der Waals surface area contributed by atoms with Gasteiger partial charge < -0.3 is 11.6 Å². The van der Waals surface area contributed by atoms with Crippen molar-refractivity contribution >= 4 is 42.7 Å². The van der Waals surface area contributed by atoms with Crippen LogP contribution in [0, 0.1) is 0 Å². The number of nitrogens with two attached hydrogens (primary N) is 2. The first-order valence-corrected chi connectivity index (χ1v) is 8.03. The standard InChI is InChI=1S/C9H12BrN3O2S2/c10-7-1-3-8(4-2-7)17(14,15)6-5-16-9(11)13-12/h1-4H,5-6,12H2,(H2,11,13). The minimum Gasteiger partial charge on any atom is -0.377 e. The molecule has 0 aliphatic heterocycles. The maximum Gasteiger partial charge on any atom is 0.179 e. The molecule has 0 unspecified atom stereocenters. The van der Waals surface area contributed by atoms with E-state index in [9.17, 15) is 8.42 Å². The first-order valence-electron chi connectivity index (χ1n) is 4.60. The van der Waals surface area contributed by atoms with Crippen LogP contribution in [0.4, 0.5) is 0 Å². The van der Waals surface area contributed by atoms with Gasteiger partial charge in [0.1, 0.15) is 0 Å². The van der Waals surface area contributed by atoms with Crippen LogP contribution in [0.15, 0.2) is 38.7 Å². The van der Waals surface area contributed by atoms with Crippen LogP contribution < -0.4 is 11.6 Å². The van der Waals surface area contributed by atoms with Crippen molar-refractivity contribution in [3.63, 3.8) is 0 Å². The van der Waals surface area contributed by atoms with E-state index in [0.717, 1.165) is 16.2 Å². The molecule has 0 spiro atoms. The van der Waals surface area contributed by atoms with Gasteiger partial charge in [-0.2, -0.15) is 5.10 Å². The van der Waals surface area contributed by atoms with Crippen molar-refractivity contribution in [3.05, 3.63) is 28.7 Å². The molecule has 0 bridgehead atoms. The van der Waals surface area contributed by atoms with E-state index in [4.69, 9.17) is 11.6 Å². The highest BCUT2D eigenvalue weighted by Crippen LogP contribution is 2.16. The summed E-state index contributed by atoms with van der Waals surface area (Å²) < 4.78 is 24.6. The van der Waals surface area contributed by atoms with E-state index in [-0.39, 0.29) is 10.9 Å². The fourth-order valence-electron chi connectivity index (χ4n) is 1.05. The molecule has 4 N–H and O–H groups in total. The summed E-state index contributed by atoms with van der Waals surface area (Å²) in [6, 6.07) is 6.50. The van der Waals surface area contributed by atoms with Crippen LogP contribution in [0.2, 0.25) is 0 Å². The molecule has 17 heavy (non-hydrogen) atoms. The molecular weight excluding hydrogens is 326 g/mol. The second kappa shape index (κ2) is 6.27. The van der Waals surface area contributed by atoms with E-state index in [1.807, 2.05) is 0 Å². The van der Waals surface area contributed by atoms with Gasteiger partial charge >= 0.3 is 0 Å². The third-order valence-corrected chi connectivity index (χ3v) is 5.23. The lowest BCUT2D eigenvalue weighted by atomic mass is 10.4. The van der Waals surface area contributed by atoms with Gasteiger partial charge in [0.25, 0.3) is 0 Å². The Morgan fingerprint density at radius 1 is 1.35 bits per heavy atom. The summed E-state index contributed by atoms with van der Waals surface area (Å²) in [5.41, 5.74) is 5.35. The highest BCUT2D eigenvalue weighted by molar-refractivity contribution is 9.10. The normalized spacial score (nSPS) is 12.6. The lowest BCUT2D eigenvalue weighted by Gasteiger charge is -2.04. The molecule has 0 aliphatic carbocycles. The number of rotatable bonds is 4. The summed E-state index contributed by atoms with van der Waals surface area (Å²) in [7, 11) is -3.27. The molecule has 1 aromatic carbocycles. The largest absolute Gasteiger partial charge is 0.377 e. The van der Waals surface area contributed by atoms with E-state index < -0.39 is 9.84 Å². The highest BCUT2D eigenvalue weighted by Gasteiger charge is 2.14. The summed E-state index contributed by atoms with van der Waals surface area (Å²) in [5.74, 6) is 5.26. The topological polar surface area (TPSA) is 98.5 Å². The first kappa shape index (κ1) is 14.3. The Bertz CT molecular complexity index is 499. The minimum atomic E-state index is -3.27. The quantitative estimate of drug-likeness (QED) is 0.371. The van der Waals surface area contributed by atoms with Gasteiger partial charge in [-0.3, -0.25) is 0 Å². The number of nitrogens with zero attached hydrogens (tertiary/aromatic N) is 1. The van der Waals surface area contributed by atoms with Crippen molar-refractivity contribution in [3.8, 4) is 0 Å². The van der Waals surface area contributed by atoms with E-state index in [2.05, 4.69) is 21.0 Å². The average molecular weight is 338 g/mol. The smallest absolute Gasteiger partial charge is 0.179 e. The number of thioether (sulfide) groups is 1. The molecule has 5 nitrogen and oxygen atoms in total. The van der Waals surface area contributed by atoms with Crippen molar-refractivity contribution in [2.75, 3.05) is 11.5 Å². The lowest BCUT2D eigenvalue weighted by Crippen LogP contribution is -2.14. The van der Waals surface area contributed by atoms with Crippen LogP contribution in [-0.2, 0) is 9.84 Å². The maximum atomic E-state index is 11.9. The number of sulfone groups is 1. The van der Waals surface area contributed by atoms with Crippen molar-refractivity contribution in [1.29, 1.82) is 0 Å². The van der Waals surface area contributed by atoms with Gasteiger partial charge in [0, 0.05) is 10.2 Å². The molecule has 0 aromatic heterocycles. The van der Waals surface area contributed by atoms with E-state index in [1.54, 1.807) is 24.3 Å². The van der Waals surface area contributed by atoms with Crippen molar-refractivity contribution in [2.24, 2.45) is 16.7 Å². The Balaban J connectivity index is 2.66. The monoisotopic (exact) mass is 337 g/mol. The highest BCUT2D eigenvalue weighted by atomic mass is 79.9. The predicted octanol–water partition coefficient (Wildman–Crippen LogP) is 1.14. The first-order chi connectivity index (χ1) is 7.95. The van der Waals surface area contributed by atoms with Crippen LogP contribution >= 0.6 is 27.7 Å². The van der Waals surface area contributed by atoms with Gasteiger partial charge in [-0.1, -0.05) is 27.7 Å². The molecule has 94 valence electrons. The van der Waals surface area contributed by atoms with Gasteiger partial charge in [0.15, 0.2) is 15.0 Å². The van der Waals surface area contributed by atoms with Gasteiger partial charge in [0.2, 0.25) is 0 Å². The van der Waals surface area contributed by atoms with Crippen molar-refractivity contribution < 1.29 is 8.42 Å². The molecule has 0 fully saturated rings. The lowest BCUT2D eigenvalue weighted by molar-refractivity contribution is 0.597. The Labute approximate surface area is 113 Å².